The predicted octanol–water partition coefficient (Wildman–Crippen LogP) is 1.32. The van der Waals surface area contributed by atoms with Gasteiger partial charge in [-0.25, -0.2) is 0 Å². The van der Waals surface area contributed by atoms with E-state index in [1.807, 2.05) is 44.2 Å². The van der Waals surface area contributed by atoms with Crippen molar-refractivity contribution in [2.75, 3.05) is 41.0 Å². The lowest BCUT2D eigenvalue weighted by atomic mass is 10.2. The zero-order chi connectivity index (χ0) is 14.1. The third kappa shape index (κ3) is 6.69. The molecule has 0 aliphatic heterocycles. The predicted molar refractivity (Wildman–Crippen MR) is 76.4 cm³/mol. The summed E-state index contributed by atoms with van der Waals surface area (Å²) in [6.07, 6.45) is 1.49. The molecule has 1 rings (SSSR count). The van der Waals surface area contributed by atoms with E-state index < -0.39 is 0 Å². The van der Waals surface area contributed by atoms with Crippen LogP contribution >= 0.6 is 0 Å². The Morgan fingerprint density at radius 1 is 1.26 bits per heavy atom. The summed E-state index contributed by atoms with van der Waals surface area (Å²) in [6.45, 7) is 1.94. The Morgan fingerprint density at radius 3 is 2.58 bits per heavy atom. The highest BCUT2D eigenvalue weighted by atomic mass is 16.5. The molecule has 0 heterocycles. The van der Waals surface area contributed by atoms with Crippen LogP contribution in [-0.2, 0) is 4.74 Å². The first-order chi connectivity index (χ1) is 9.09. The maximum atomic E-state index is 11.7. The van der Waals surface area contributed by atoms with Gasteiger partial charge in [0.1, 0.15) is 6.73 Å². The highest BCUT2D eigenvalue weighted by molar-refractivity contribution is 5.98. The Bertz CT molecular complexity index is 404. The molecule has 0 aromatic heterocycles. The molecule has 0 radical (unpaired) electrons. The molecule has 0 saturated carbocycles. The van der Waals surface area contributed by atoms with E-state index >= 15 is 0 Å². The Labute approximate surface area is 114 Å². The van der Waals surface area contributed by atoms with Crippen LogP contribution in [0.2, 0.25) is 0 Å². The first kappa shape index (κ1) is 15.3. The summed E-state index contributed by atoms with van der Waals surface area (Å²) in [4.78, 5) is 19.4. The Kier molecular flexibility index (Phi) is 6.78. The smallest absolute Gasteiger partial charge is 0.278 e. The lowest BCUT2D eigenvalue weighted by molar-refractivity contribution is 0.0674. The average molecular weight is 263 g/mol. The number of hydrogen-bond acceptors (Lipinski definition) is 3. The zero-order valence-corrected chi connectivity index (χ0v) is 11.7. The van der Waals surface area contributed by atoms with E-state index in [9.17, 15) is 4.79 Å². The summed E-state index contributed by atoms with van der Waals surface area (Å²) in [5, 5.41) is 0. The quantitative estimate of drug-likeness (QED) is 0.322. The van der Waals surface area contributed by atoms with Crippen molar-refractivity contribution in [1.29, 1.82) is 0 Å². The fraction of sp³-hybridized carbons (Fsp3) is 0.429. The molecule has 1 aromatic carbocycles. The minimum absolute atomic E-state index is 0.249. The van der Waals surface area contributed by atoms with Crippen molar-refractivity contribution in [2.24, 2.45) is 4.99 Å². The van der Waals surface area contributed by atoms with Gasteiger partial charge in [0.25, 0.3) is 5.91 Å². The van der Waals surface area contributed by atoms with E-state index in [0.717, 1.165) is 6.54 Å². The summed E-state index contributed by atoms with van der Waals surface area (Å²) >= 11 is 0. The summed E-state index contributed by atoms with van der Waals surface area (Å²) in [5.74, 6) is -0.249. The third-order valence-corrected chi connectivity index (χ3v) is 2.37. The molecule has 0 spiro atoms. The van der Waals surface area contributed by atoms with Gasteiger partial charge >= 0.3 is 0 Å². The van der Waals surface area contributed by atoms with Crippen molar-refractivity contribution in [3.8, 4) is 0 Å². The summed E-state index contributed by atoms with van der Waals surface area (Å²) < 4.78 is 5.43. The van der Waals surface area contributed by atoms with Crippen molar-refractivity contribution in [2.45, 2.75) is 0 Å². The summed E-state index contributed by atoms with van der Waals surface area (Å²) in [7, 11) is 5.80. The number of ether oxygens (including phenoxy) is 1. The van der Waals surface area contributed by atoms with Gasteiger partial charge in [0.05, 0.1) is 12.9 Å². The molecule has 0 N–H and O–H groups in total. The van der Waals surface area contributed by atoms with Gasteiger partial charge in [-0.15, -0.1) is 0 Å². The van der Waals surface area contributed by atoms with E-state index in [4.69, 9.17) is 4.74 Å². The van der Waals surface area contributed by atoms with Gasteiger partial charge in [-0.2, -0.15) is 4.99 Å². The van der Waals surface area contributed by atoms with Gasteiger partial charge in [0, 0.05) is 19.2 Å². The maximum absolute atomic E-state index is 11.7. The van der Waals surface area contributed by atoms with Gasteiger partial charge in [-0.05, 0) is 26.2 Å². The summed E-state index contributed by atoms with van der Waals surface area (Å²) in [6, 6.07) is 8.99. The molecular formula is C14H21N3O2. The SMILES string of the molecule is CN(C)CCOCN(C)C=NC(=O)c1ccccc1. The van der Waals surface area contributed by atoms with Crippen molar-refractivity contribution >= 4 is 12.2 Å². The highest BCUT2D eigenvalue weighted by Crippen LogP contribution is 2.00. The number of carbonyl (C=O) groups is 1. The monoisotopic (exact) mass is 263 g/mol. The van der Waals surface area contributed by atoms with Crippen LogP contribution in [0.25, 0.3) is 0 Å². The third-order valence-electron chi connectivity index (χ3n) is 2.37. The number of likely N-dealkylation sites (N-methyl/N-ethyl adjacent to an activating group) is 1. The van der Waals surface area contributed by atoms with Crippen LogP contribution < -0.4 is 0 Å². The van der Waals surface area contributed by atoms with Crippen molar-refractivity contribution in [1.82, 2.24) is 9.80 Å². The van der Waals surface area contributed by atoms with Gasteiger partial charge < -0.3 is 14.5 Å². The lowest BCUT2D eigenvalue weighted by Gasteiger charge is -2.14. The van der Waals surface area contributed by atoms with Crippen LogP contribution in [0.4, 0.5) is 0 Å². The normalized spacial score (nSPS) is 11.2. The number of amides is 1. The first-order valence-corrected chi connectivity index (χ1v) is 6.16. The molecule has 0 bridgehead atoms. The molecule has 0 atom stereocenters. The standard InChI is InChI=1S/C14H21N3O2/c1-16(2)9-10-19-12-17(3)11-15-14(18)13-7-5-4-6-8-13/h4-8,11H,9-10,12H2,1-3H3. The average Bonchev–Trinajstić information content (AvgIpc) is 2.41. The van der Waals surface area contributed by atoms with Crippen molar-refractivity contribution < 1.29 is 9.53 Å². The molecule has 5 nitrogen and oxygen atoms in total. The maximum Gasteiger partial charge on any atom is 0.278 e. The molecule has 0 saturated heterocycles. The number of nitrogens with zero attached hydrogens (tertiary/aromatic N) is 3. The van der Waals surface area contributed by atoms with Crippen molar-refractivity contribution in [3.63, 3.8) is 0 Å². The van der Waals surface area contributed by atoms with Crippen LogP contribution in [0.5, 0.6) is 0 Å². The second-order valence-electron chi connectivity index (χ2n) is 4.51. The van der Waals surface area contributed by atoms with Gasteiger partial charge in [-0.1, -0.05) is 18.2 Å². The van der Waals surface area contributed by atoms with E-state index in [2.05, 4.69) is 4.99 Å². The molecule has 0 fully saturated rings. The van der Waals surface area contributed by atoms with Gasteiger partial charge in [0.2, 0.25) is 0 Å². The Hall–Kier alpha value is -1.72. The van der Waals surface area contributed by atoms with E-state index in [0.29, 0.717) is 18.9 Å². The van der Waals surface area contributed by atoms with E-state index in [-0.39, 0.29) is 5.91 Å². The minimum Gasteiger partial charge on any atom is -0.360 e. The molecule has 1 aromatic rings. The van der Waals surface area contributed by atoms with Crippen LogP contribution in [0.15, 0.2) is 35.3 Å². The number of hydrogen-bond donors (Lipinski definition) is 0. The summed E-state index contributed by atoms with van der Waals surface area (Å²) in [5.41, 5.74) is 0.584. The van der Waals surface area contributed by atoms with Crippen LogP contribution in [-0.4, -0.2) is 63.1 Å². The number of aliphatic imine (C=N–C) groups is 1. The molecule has 0 aliphatic carbocycles. The molecule has 104 valence electrons. The van der Waals surface area contributed by atoms with Crippen LogP contribution in [0.3, 0.4) is 0 Å². The van der Waals surface area contributed by atoms with Crippen molar-refractivity contribution in [3.05, 3.63) is 35.9 Å². The zero-order valence-electron chi connectivity index (χ0n) is 11.7. The Balaban J connectivity index is 2.29. The lowest BCUT2D eigenvalue weighted by Crippen LogP contribution is -2.24. The second kappa shape index (κ2) is 8.39. The van der Waals surface area contributed by atoms with Crippen LogP contribution in [0, 0.1) is 0 Å². The fourth-order valence-electron chi connectivity index (χ4n) is 1.30. The van der Waals surface area contributed by atoms with Gasteiger partial charge in [-0.3, -0.25) is 4.79 Å². The number of rotatable bonds is 7. The second-order valence-corrected chi connectivity index (χ2v) is 4.51. The topological polar surface area (TPSA) is 45.1 Å². The van der Waals surface area contributed by atoms with E-state index in [1.54, 1.807) is 17.0 Å². The molecular weight excluding hydrogens is 242 g/mol. The molecule has 0 aliphatic rings. The highest BCUT2D eigenvalue weighted by Gasteiger charge is 2.01. The number of benzene rings is 1. The molecule has 5 heteroatoms. The fourth-order valence-corrected chi connectivity index (χ4v) is 1.30. The van der Waals surface area contributed by atoms with E-state index in [1.165, 1.54) is 6.34 Å². The molecule has 1 amide bonds. The number of carbonyl (C=O) groups excluding carboxylic acids is 1. The molecule has 19 heavy (non-hydrogen) atoms. The van der Waals surface area contributed by atoms with Crippen LogP contribution in [0.1, 0.15) is 10.4 Å². The first-order valence-electron chi connectivity index (χ1n) is 6.16. The largest absolute Gasteiger partial charge is 0.360 e. The van der Waals surface area contributed by atoms with Gasteiger partial charge in [0.15, 0.2) is 0 Å². The molecule has 0 unspecified atom stereocenters. The minimum atomic E-state index is -0.249. The Morgan fingerprint density at radius 2 is 1.95 bits per heavy atom.